The van der Waals surface area contributed by atoms with Gasteiger partial charge in [-0.25, -0.2) is 4.98 Å². The van der Waals surface area contributed by atoms with E-state index in [1.807, 2.05) is 24.3 Å². The van der Waals surface area contributed by atoms with Gasteiger partial charge in [-0.15, -0.1) is 21.5 Å². The van der Waals surface area contributed by atoms with Crippen molar-refractivity contribution in [2.45, 2.75) is 26.2 Å². The Hall–Kier alpha value is -2.74. The number of nitrogens with two attached hydrogens (primary N) is 1. The van der Waals surface area contributed by atoms with Crippen LogP contribution in [0.15, 0.2) is 39.2 Å². The third-order valence-corrected chi connectivity index (χ3v) is 4.03. The molecule has 8 heteroatoms. The molecule has 3 aromatic rings. The number of nitrogens with zero attached hydrogens (tertiary/aromatic N) is 4. The van der Waals surface area contributed by atoms with Gasteiger partial charge >= 0.3 is 0 Å². The summed E-state index contributed by atoms with van der Waals surface area (Å²) in [7, 11) is 0. The van der Waals surface area contributed by atoms with Crippen molar-refractivity contribution in [1.29, 1.82) is 0 Å². The van der Waals surface area contributed by atoms with Gasteiger partial charge in [0.15, 0.2) is 0 Å². The van der Waals surface area contributed by atoms with E-state index in [-0.39, 0.29) is 0 Å². The smallest absolute Gasteiger partial charge is 0.247 e. The van der Waals surface area contributed by atoms with Crippen molar-refractivity contribution in [1.82, 2.24) is 15.2 Å². The second-order valence-electron chi connectivity index (χ2n) is 5.17. The zero-order valence-electron chi connectivity index (χ0n) is 13.3. The highest BCUT2D eigenvalue weighted by atomic mass is 32.1. The van der Waals surface area contributed by atoms with Crippen LogP contribution >= 0.6 is 11.3 Å². The highest BCUT2D eigenvalue weighted by molar-refractivity contribution is 7.14. The SMILES string of the molecule is CCCCc1nnc(-c2ccc(C=NNc3nc(N)cs3)cc2)o1. The summed E-state index contributed by atoms with van der Waals surface area (Å²) >= 11 is 1.40. The molecular weight excluding hydrogens is 324 g/mol. The number of anilines is 2. The summed E-state index contributed by atoms with van der Waals surface area (Å²) in [6, 6.07) is 7.74. The van der Waals surface area contributed by atoms with E-state index >= 15 is 0 Å². The van der Waals surface area contributed by atoms with Crippen LogP contribution < -0.4 is 11.2 Å². The van der Waals surface area contributed by atoms with Crippen molar-refractivity contribution in [3.63, 3.8) is 0 Å². The van der Waals surface area contributed by atoms with Crippen LogP contribution in [0.4, 0.5) is 10.9 Å². The van der Waals surface area contributed by atoms with E-state index in [9.17, 15) is 0 Å². The number of nitrogen functional groups attached to an aromatic ring is 1. The molecule has 0 aliphatic carbocycles. The summed E-state index contributed by atoms with van der Waals surface area (Å²) < 4.78 is 5.67. The summed E-state index contributed by atoms with van der Waals surface area (Å²) in [5.74, 6) is 1.71. The number of hydrogen-bond donors (Lipinski definition) is 2. The molecule has 2 aromatic heterocycles. The van der Waals surface area contributed by atoms with Crippen molar-refractivity contribution in [2.75, 3.05) is 11.2 Å². The first kappa shape index (κ1) is 16.1. The third-order valence-electron chi connectivity index (χ3n) is 3.26. The first-order valence-electron chi connectivity index (χ1n) is 7.67. The minimum Gasteiger partial charge on any atom is -0.421 e. The average Bonchev–Trinajstić information content (AvgIpc) is 3.23. The fourth-order valence-electron chi connectivity index (χ4n) is 2.01. The zero-order chi connectivity index (χ0) is 16.8. The quantitative estimate of drug-likeness (QED) is 0.503. The molecule has 0 radical (unpaired) electrons. The summed E-state index contributed by atoms with van der Waals surface area (Å²) in [5.41, 5.74) is 10.2. The standard InChI is InChI=1S/C16H18N6OS/c1-2-3-4-14-20-21-15(23-14)12-7-5-11(6-8-12)9-18-22-16-19-13(17)10-24-16/h5-10H,2-4,17H2,1H3,(H,19,22). The van der Waals surface area contributed by atoms with Crippen molar-refractivity contribution in [2.24, 2.45) is 5.10 Å². The number of unbranched alkanes of at least 4 members (excludes halogenated alkanes) is 1. The fourth-order valence-corrected chi connectivity index (χ4v) is 2.56. The highest BCUT2D eigenvalue weighted by Crippen LogP contribution is 2.19. The molecular formula is C16H18N6OS. The molecule has 0 spiro atoms. The summed E-state index contributed by atoms with van der Waals surface area (Å²) in [4.78, 5) is 4.06. The molecule has 0 amide bonds. The first-order valence-corrected chi connectivity index (χ1v) is 8.55. The van der Waals surface area contributed by atoms with Gasteiger partial charge in [-0.1, -0.05) is 25.5 Å². The van der Waals surface area contributed by atoms with Crippen LogP contribution in [0, 0.1) is 0 Å². The maximum Gasteiger partial charge on any atom is 0.247 e. The molecule has 2 heterocycles. The van der Waals surface area contributed by atoms with E-state index in [1.165, 1.54) is 11.3 Å². The van der Waals surface area contributed by atoms with Crippen LogP contribution in [-0.4, -0.2) is 21.4 Å². The number of aromatic nitrogens is 3. The van der Waals surface area contributed by atoms with Crippen molar-refractivity contribution < 1.29 is 4.42 Å². The molecule has 0 saturated carbocycles. The molecule has 0 bridgehead atoms. The van der Waals surface area contributed by atoms with E-state index in [0.717, 1.165) is 30.4 Å². The second-order valence-corrected chi connectivity index (χ2v) is 6.03. The summed E-state index contributed by atoms with van der Waals surface area (Å²) in [5, 5.41) is 14.7. The highest BCUT2D eigenvalue weighted by Gasteiger charge is 2.07. The Morgan fingerprint density at radius 2 is 2.12 bits per heavy atom. The van der Waals surface area contributed by atoms with Crippen LogP contribution in [0.1, 0.15) is 31.2 Å². The van der Waals surface area contributed by atoms with E-state index in [1.54, 1.807) is 11.6 Å². The van der Waals surface area contributed by atoms with Gasteiger partial charge in [-0.2, -0.15) is 5.10 Å². The predicted octanol–water partition coefficient (Wildman–Crippen LogP) is 3.56. The lowest BCUT2D eigenvalue weighted by molar-refractivity contribution is 0.496. The fraction of sp³-hybridized carbons (Fsp3) is 0.250. The molecule has 0 aliphatic heterocycles. The van der Waals surface area contributed by atoms with E-state index < -0.39 is 0 Å². The lowest BCUT2D eigenvalue weighted by Crippen LogP contribution is -1.91. The number of thiazole rings is 1. The predicted molar refractivity (Wildman–Crippen MR) is 96.1 cm³/mol. The Morgan fingerprint density at radius 3 is 2.83 bits per heavy atom. The molecule has 124 valence electrons. The second kappa shape index (κ2) is 7.69. The van der Waals surface area contributed by atoms with Gasteiger partial charge in [-0.05, 0) is 24.1 Å². The normalized spacial score (nSPS) is 11.2. The van der Waals surface area contributed by atoms with Gasteiger partial charge in [0.25, 0.3) is 0 Å². The van der Waals surface area contributed by atoms with Gasteiger partial charge in [0, 0.05) is 17.4 Å². The molecule has 1 aromatic carbocycles. The Balaban J connectivity index is 1.61. The molecule has 24 heavy (non-hydrogen) atoms. The summed E-state index contributed by atoms with van der Waals surface area (Å²) in [6.45, 7) is 2.13. The molecule has 3 N–H and O–H groups in total. The van der Waals surface area contributed by atoms with Crippen molar-refractivity contribution in [3.8, 4) is 11.5 Å². The lowest BCUT2D eigenvalue weighted by atomic mass is 10.1. The maximum atomic E-state index is 5.67. The molecule has 0 saturated heterocycles. The van der Waals surface area contributed by atoms with Gasteiger partial charge in [0.1, 0.15) is 5.82 Å². The number of benzene rings is 1. The number of nitrogens with one attached hydrogen (secondary N) is 1. The van der Waals surface area contributed by atoms with Gasteiger partial charge in [0.2, 0.25) is 16.9 Å². The largest absolute Gasteiger partial charge is 0.421 e. The third kappa shape index (κ3) is 4.17. The van der Waals surface area contributed by atoms with Crippen LogP contribution in [0.25, 0.3) is 11.5 Å². The van der Waals surface area contributed by atoms with Crippen molar-refractivity contribution in [3.05, 3.63) is 41.1 Å². The Labute approximate surface area is 143 Å². The van der Waals surface area contributed by atoms with Crippen molar-refractivity contribution >= 4 is 28.5 Å². The van der Waals surface area contributed by atoms with Gasteiger partial charge < -0.3 is 10.2 Å². The number of aryl methyl sites for hydroxylation is 1. The van der Waals surface area contributed by atoms with Crippen LogP contribution in [-0.2, 0) is 6.42 Å². The molecule has 0 fully saturated rings. The van der Waals surface area contributed by atoms with Crippen LogP contribution in [0.2, 0.25) is 0 Å². The Kier molecular flexibility index (Phi) is 5.17. The Bertz CT molecular complexity index is 808. The number of hydrogen-bond acceptors (Lipinski definition) is 8. The van der Waals surface area contributed by atoms with E-state index in [0.29, 0.717) is 22.7 Å². The molecule has 0 aliphatic rings. The first-order chi connectivity index (χ1) is 11.7. The molecule has 0 unspecified atom stereocenters. The van der Waals surface area contributed by atoms with Crippen LogP contribution in [0.3, 0.4) is 0 Å². The number of hydrazone groups is 1. The zero-order valence-corrected chi connectivity index (χ0v) is 14.1. The molecule has 7 nitrogen and oxygen atoms in total. The van der Waals surface area contributed by atoms with E-state index in [4.69, 9.17) is 10.2 Å². The minimum absolute atomic E-state index is 0.486. The topological polar surface area (TPSA) is 102 Å². The minimum atomic E-state index is 0.486. The molecule has 3 rings (SSSR count). The molecule has 0 atom stereocenters. The number of rotatable bonds is 7. The van der Waals surface area contributed by atoms with Gasteiger partial charge in [-0.3, -0.25) is 5.43 Å². The van der Waals surface area contributed by atoms with Crippen LogP contribution in [0.5, 0.6) is 0 Å². The maximum absolute atomic E-state index is 5.67. The van der Waals surface area contributed by atoms with Gasteiger partial charge in [0.05, 0.1) is 6.21 Å². The average molecular weight is 342 g/mol. The lowest BCUT2D eigenvalue weighted by Gasteiger charge is -1.97. The Morgan fingerprint density at radius 1 is 1.29 bits per heavy atom. The van der Waals surface area contributed by atoms with E-state index in [2.05, 4.69) is 32.6 Å². The summed E-state index contributed by atoms with van der Waals surface area (Å²) in [6.07, 6.45) is 4.69. The monoisotopic (exact) mass is 342 g/mol.